The molecule has 1 aromatic heterocycles. The molecule has 1 amide bonds. The molecule has 124 valence electrons. The molecule has 1 N–H and O–H groups in total. The average Bonchev–Trinajstić information content (AvgIpc) is 3.02. The normalized spacial score (nSPS) is 10.6. The van der Waals surface area contributed by atoms with Crippen LogP contribution < -0.4 is 10.1 Å². The van der Waals surface area contributed by atoms with Crippen LogP contribution >= 0.6 is 34.7 Å². The number of nitrogens with zero attached hydrogens (tertiary/aromatic N) is 3. The van der Waals surface area contributed by atoms with Gasteiger partial charge in [-0.15, -0.1) is 0 Å². The van der Waals surface area contributed by atoms with E-state index in [1.54, 1.807) is 0 Å². The molecule has 0 saturated carbocycles. The summed E-state index contributed by atoms with van der Waals surface area (Å²) >= 11 is 13.3. The molecule has 0 bridgehead atoms. The standard InChI is InChI=1S/C14H16Cl2N4O2S/c1-2-3-4-5-6-22-12-10(15)7-9(8-11(12)16)13(21)17-14-18-19-20-23-14/h7-8H,2-6H2,1H3,(H,17,18,20,21). The van der Waals surface area contributed by atoms with Crippen LogP contribution in [0.2, 0.25) is 10.0 Å². The second-order valence-electron chi connectivity index (χ2n) is 4.80. The van der Waals surface area contributed by atoms with Crippen LogP contribution in [0.4, 0.5) is 5.13 Å². The molecule has 6 nitrogen and oxygen atoms in total. The Morgan fingerprint density at radius 3 is 2.61 bits per heavy atom. The highest BCUT2D eigenvalue weighted by molar-refractivity contribution is 7.09. The van der Waals surface area contributed by atoms with Crippen molar-refractivity contribution in [2.75, 3.05) is 11.9 Å². The molecule has 2 rings (SSSR count). The molecule has 23 heavy (non-hydrogen) atoms. The van der Waals surface area contributed by atoms with Crippen molar-refractivity contribution in [1.82, 2.24) is 14.8 Å². The van der Waals surface area contributed by atoms with Crippen molar-refractivity contribution in [3.8, 4) is 5.75 Å². The summed E-state index contributed by atoms with van der Waals surface area (Å²) in [6, 6.07) is 3.03. The minimum absolute atomic E-state index is 0.300. The topological polar surface area (TPSA) is 77.0 Å². The lowest BCUT2D eigenvalue weighted by Gasteiger charge is -2.11. The Labute approximate surface area is 148 Å². The average molecular weight is 375 g/mol. The van der Waals surface area contributed by atoms with Crippen molar-refractivity contribution >= 4 is 45.8 Å². The zero-order chi connectivity index (χ0) is 16.7. The number of unbranched alkanes of at least 4 members (excludes halogenated alkanes) is 3. The lowest BCUT2D eigenvalue weighted by atomic mass is 10.2. The number of hydrogen-bond acceptors (Lipinski definition) is 6. The van der Waals surface area contributed by atoms with E-state index in [0.717, 1.165) is 30.8 Å². The van der Waals surface area contributed by atoms with E-state index in [0.29, 0.717) is 33.1 Å². The number of carbonyl (C=O) groups excluding carboxylic acids is 1. The number of hydrogen-bond donors (Lipinski definition) is 1. The van der Waals surface area contributed by atoms with Crippen LogP contribution in [0.1, 0.15) is 43.0 Å². The first-order valence-corrected chi connectivity index (χ1v) is 8.73. The quantitative estimate of drug-likeness (QED) is 0.690. The molecule has 0 radical (unpaired) electrons. The van der Waals surface area contributed by atoms with Gasteiger partial charge < -0.3 is 4.74 Å². The van der Waals surface area contributed by atoms with Gasteiger partial charge in [0.2, 0.25) is 5.13 Å². The fraction of sp³-hybridized carbons (Fsp3) is 0.429. The number of carbonyl (C=O) groups is 1. The maximum atomic E-state index is 12.1. The number of ether oxygens (including phenoxy) is 1. The zero-order valence-electron chi connectivity index (χ0n) is 12.5. The van der Waals surface area contributed by atoms with E-state index in [1.807, 2.05) is 0 Å². The Balaban J connectivity index is 2.00. The Bertz CT molecular complexity index is 629. The van der Waals surface area contributed by atoms with Crippen LogP contribution in [0, 0.1) is 0 Å². The molecule has 0 aliphatic heterocycles. The van der Waals surface area contributed by atoms with Crippen molar-refractivity contribution in [1.29, 1.82) is 0 Å². The van der Waals surface area contributed by atoms with Gasteiger partial charge in [0.1, 0.15) is 0 Å². The first-order chi connectivity index (χ1) is 11.1. The molecule has 1 heterocycles. The monoisotopic (exact) mass is 374 g/mol. The predicted molar refractivity (Wildman–Crippen MR) is 91.8 cm³/mol. The van der Waals surface area contributed by atoms with Crippen molar-refractivity contribution in [2.45, 2.75) is 32.6 Å². The van der Waals surface area contributed by atoms with Gasteiger partial charge >= 0.3 is 0 Å². The first kappa shape index (κ1) is 17.9. The highest BCUT2D eigenvalue weighted by Crippen LogP contribution is 2.34. The Morgan fingerprint density at radius 1 is 1.26 bits per heavy atom. The molecule has 0 aliphatic rings. The van der Waals surface area contributed by atoms with Gasteiger partial charge in [-0.2, -0.15) is 0 Å². The third-order valence-electron chi connectivity index (χ3n) is 3.02. The first-order valence-electron chi connectivity index (χ1n) is 7.20. The van der Waals surface area contributed by atoms with Gasteiger partial charge in [-0.3, -0.25) is 10.1 Å². The van der Waals surface area contributed by atoms with Crippen LogP contribution in [0.15, 0.2) is 12.1 Å². The molecule has 0 unspecified atom stereocenters. The molecule has 0 atom stereocenters. The maximum absolute atomic E-state index is 12.1. The lowest BCUT2D eigenvalue weighted by molar-refractivity contribution is 0.102. The number of benzene rings is 1. The third-order valence-corrected chi connectivity index (χ3v) is 4.10. The van der Waals surface area contributed by atoms with Crippen LogP contribution in [0.3, 0.4) is 0 Å². The molecule has 9 heteroatoms. The maximum Gasteiger partial charge on any atom is 0.257 e. The fourth-order valence-electron chi connectivity index (χ4n) is 1.88. The minimum Gasteiger partial charge on any atom is -0.490 e. The highest BCUT2D eigenvalue weighted by Gasteiger charge is 2.15. The zero-order valence-corrected chi connectivity index (χ0v) is 14.8. The largest absolute Gasteiger partial charge is 0.490 e. The van der Waals surface area contributed by atoms with Crippen LogP contribution in [-0.2, 0) is 0 Å². The SMILES string of the molecule is CCCCCCOc1c(Cl)cc(C(=O)Nc2nnns2)cc1Cl. The Hall–Kier alpha value is -1.44. The molecule has 0 aliphatic carbocycles. The second-order valence-corrected chi connectivity index (χ2v) is 6.35. The number of halogens is 2. The fourth-order valence-corrected chi connectivity index (χ4v) is 2.84. The summed E-state index contributed by atoms with van der Waals surface area (Å²) in [6.07, 6.45) is 4.37. The van der Waals surface area contributed by atoms with Gasteiger partial charge in [-0.05, 0) is 23.8 Å². The van der Waals surface area contributed by atoms with Crippen molar-refractivity contribution in [2.24, 2.45) is 0 Å². The van der Waals surface area contributed by atoms with E-state index in [1.165, 1.54) is 18.6 Å². The van der Waals surface area contributed by atoms with Crippen LogP contribution in [-0.4, -0.2) is 27.3 Å². The summed E-state index contributed by atoms with van der Waals surface area (Å²) in [7, 11) is 0. The van der Waals surface area contributed by atoms with E-state index < -0.39 is 0 Å². The van der Waals surface area contributed by atoms with Crippen LogP contribution in [0.5, 0.6) is 5.75 Å². The van der Waals surface area contributed by atoms with E-state index in [-0.39, 0.29) is 5.91 Å². The molecule has 0 fully saturated rings. The summed E-state index contributed by atoms with van der Waals surface area (Å²) in [4.78, 5) is 12.1. The number of anilines is 1. The molecular weight excluding hydrogens is 359 g/mol. The summed E-state index contributed by atoms with van der Waals surface area (Å²) in [6.45, 7) is 2.69. The number of amides is 1. The molecular formula is C14H16Cl2N4O2S. The van der Waals surface area contributed by atoms with Gasteiger partial charge in [-0.25, -0.2) is 0 Å². The number of rotatable bonds is 8. The van der Waals surface area contributed by atoms with Gasteiger partial charge in [-0.1, -0.05) is 59.0 Å². The predicted octanol–water partition coefficient (Wildman–Crippen LogP) is 4.45. The highest BCUT2D eigenvalue weighted by atomic mass is 35.5. The lowest BCUT2D eigenvalue weighted by Crippen LogP contribution is -2.12. The smallest absolute Gasteiger partial charge is 0.257 e. The summed E-state index contributed by atoms with van der Waals surface area (Å²) in [5.41, 5.74) is 0.313. The van der Waals surface area contributed by atoms with E-state index in [2.05, 4.69) is 27.0 Å². The number of aromatic nitrogens is 3. The molecule has 2 aromatic rings. The van der Waals surface area contributed by atoms with Gasteiger partial charge in [0.15, 0.2) is 5.75 Å². The molecule has 0 spiro atoms. The second kappa shape index (κ2) is 9.00. The Morgan fingerprint density at radius 2 is 2.00 bits per heavy atom. The number of nitrogens with one attached hydrogen (secondary N) is 1. The summed E-state index contributed by atoms with van der Waals surface area (Å²) in [5, 5.41) is 10.5. The third kappa shape index (κ3) is 5.30. The van der Waals surface area contributed by atoms with Crippen molar-refractivity contribution in [3.05, 3.63) is 27.7 Å². The van der Waals surface area contributed by atoms with Crippen molar-refractivity contribution < 1.29 is 9.53 Å². The molecule has 0 saturated heterocycles. The van der Waals surface area contributed by atoms with E-state index >= 15 is 0 Å². The van der Waals surface area contributed by atoms with E-state index in [4.69, 9.17) is 27.9 Å². The summed E-state index contributed by atoms with van der Waals surface area (Å²) in [5.74, 6) is 0.0146. The van der Waals surface area contributed by atoms with Gasteiger partial charge in [0, 0.05) is 17.1 Å². The minimum atomic E-state index is -0.387. The van der Waals surface area contributed by atoms with Crippen molar-refractivity contribution in [3.63, 3.8) is 0 Å². The van der Waals surface area contributed by atoms with Gasteiger partial charge in [0.05, 0.1) is 16.7 Å². The van der Waals surface area contributed by atoms with Crippen LogP contribution in [0.25, 0.3) is 0 Å². The summed E-state index contributed by atoms with van der Waals surface area (Å²) < 4.78 is 9.20. The Kier molecular flexibility index (Phi) is 7.01. The van der Waals surface area contributed by atoms with Gasteiger partial charge in [0.25, 0.3) is 5.91 Å². The van der Waals surface area contributed by atoms with E-state index in [9.17, 15) is 4.79 Å². The molecule has 1 aromatic carbocycles.